The third-order valence-electron chi connectivity index (χ3n) is 5.21. The minimum Gasteiger partial charge on any atom is -0.306 e. The normalized spacial score (nSPS) is 33.7. The second-order valence-electron chi connectivity index (χ2n) is 6.49. The van der Waals surface area contributed by atoms with Gasteiger partial charge in [-0.15, -0.1) is 0 Å². The summed E-state index contributed by atoms with van der Waals surface area (Å²) in [6.45, 7) is 2.38. The largest absolute Gasteiger partial charge is 0.306 e. The summed E-state index contributed by atoms with van der Waals surface area (Å²) in [5.74, 6) is 0.729. The van der Waals surface area contributed by atoms with Crippen molar-refractivity contribution in [2.24, 2.45) is 0 Å². The summed E-state index contributed by atoms with van der Waals surface area (Å²) in [5, 5.41) is 4.83. The first-order chi connectivity index (χ1) is 9.79. The van der Waals surface area contributed by atoms with E-state index in [-0.39, 0.29) is 0 Å². The number of hydrogen-bond acceptors (Lipinski definition) is 2. The van der Waals surface area contributed by atoms with Crippen LogP contribution in [0.25, 0.3) is 0 Å². The highest BCUT2D eigenvalue weighted by molar-refractivity contribution is 7.99. The minimum atomic E-state index is 0.583. The van der Waals surface area contributed by atoms with Crippen molar-refractivity contribution in [2.75, 3.05) is 6.26 Å². The Hall–Kier alpha value is -0.470. The first-order valence-corrected chi connectivity index (χ1v) is 9.46. The molecule has 0 bridgehead atoms. The molecule has 0 aromatic heterocycles. The zero-order valence-electron chi connectivity index (χ0n) is 12.8. The molecule has 1 aromatic rings. The van der Waals surface area contributed by atoms with Crippen molar-refractivity contribution in [1.82, 2.24) is 5.32 Å². The number of nitrogens with one attached hydrogen (secondary N) is 1. The first-order valence-electron chi connectivity index (χ1n) is 8.17. The summed E-state index contributed by atoms with van der Waals surface area (Å²) in [7, 11) is 0. The first kappa shape index (κ1) is 14.5. The molecule has 0 radical (unpaired) electrons. The van der Waals surface area contributed by atoms with E-state index >= 15 is 0 Å². The molecule has 1 aromatic carbocycles. The monoisotopic (exact) mass is 289 g/mol. The standard InChI is InChI=1S/C18H27NS/c1-13-11-12-16(15-8-4-3-7-14(13)15)19-17-9-5-6-10-18(17)20-2/h3-4,7-8,13,16-19H,5-6,9-12H2,1-2H3. The van der Waals surface area contributed by atoms with Crippen molar-refractivity contribution in [2.45, 2.75) is 68.7 Å². The molecule has 0 saturated heterocycles. The molecule has 4 unspecified atom stereocenters. The highest BCUT2D eigenvalue weighted by Crippen LogP contribution is 2.38. The van der Waals surface area contributed by atoms with Crippen molar-refractivity contribution < 1.29 is 0 Å². The SMILES string of the molecule is CSC1CCCCC1NC1CCC(C)c2ccccc21. The topological polar surface area (TPSA) is 12.0 Å². The number of benzene rings is 1. The average molecular weight is 289 g/mol. The molecular weight excluding hydrogens is 262 g/mol. The van der Waals surface area contributed by atoms with Crippen LogP contribution in [0.15, 0.2) is 24.3 Å². The van der Waals surface area contributed by atoms with Gasteiger partial charge < -0.3 is 5.32 Å². The van der Waals surface area contributed by atoms with E-state index in [0.29, 0.717) is 12.1 Å². The number of rotatable bonds is 3. The van der Waals surface area contributed by atoms with Crippen LogP contribution in [-0.2, 0) is 0 Å². The van der Waals surface area contributed by atoms with Crippen LogP contribution < -0.4 is 5.32 Å². The van der Waals surface area contributed by atoms with Crippen LogP contribution in [0.5, 0.6) is 0 Å². The molecule has 2 aliphatic carbocycles. The molecule has 110 valence electrons. The predicted molar refractivity (Wildman–Crippen MR) is 89.5 cm³/mol. The minimum absolute atomic E-state index is 0.583. The smallest absolute Gasteiger partial charge is 0.0326 e. The Kier molecular flexibility index (Phi) is 4.72. The van der Waals surface area contributed by atoms with Gasteiger partial charge in [-0.05, 0) is 49.0 Å². The van der Waals surface area contributed by atoms with Crippen LogP contribution in [0.2, 0.25) is 0 Å². The van der Waals surface area contributed by atoms with Crippen LogP contribution in [0.4, 0.5) is 0 Å². The van der Waals surface area contributed by atoms with E-state index in [9.17, 15) is 0 Å². The lowest BCUT2D eigenvalue weighted by Crippen LogP contribution is -2.43. The van der Waals surface area contributed by atoms with Crippen LogP contribution >= 0.6 is 11.8 Å². The Morgan fingerprint density at radius 3 is 2.55 bits per heavy atom. The maximum atomic E-state index is 4.01. The van der Waals surface area contributed by atoms with Gasteiger partial charge in [0, 0.05) is 17.3 Å². The van der Waals surface area contributed by atoms with E-state index in [1.807, 2.05) is 0 Å². The van der Waals surface area contributed by atoms with Gasteiger partial charge in [0.15, 0.2) is 0 Å². The van der Waals surface area contributed by atoms with E-state index in [1.165, 1.54) is 38.5 Å². The fourth-order valence-electron chi connectivity index (χ4n) is 4.01. The summed E-state index contributed by atoms with van der Waals surface area (Å²) in [6.07, 6.45) is 10.5. The summed E-state index contributed by atoms with van der Waals surface area (Å²) >= 11 is 2.06. The van der Waals surface area contributed by atoms with Crippen LogP contribution in [0.3, 0.4) is 0 Å². The summed E-state index contributed by atoms with van der Waals surface area (Å²) in [4.78, 5) is 0. The van der Waals surface area contributed by atoms with Crippen LogP contribution in [-0.4, -0.2) is 17.5 Å². The van der Waals surface area contributed by atoms with Gasteiger partial charge >= 0.3 is 0 Å². The van der Waals surface area contributed by atoms with Crippen LogP contribution in [0, 0.1) is 0 Å². The van der Waals surface area contributed by atoms with Gasteiger partial charge in [-0.25, -0.2) is 0 Å². The molecule has 3 rings (SSSR count). The van der Waals surface area contributed by atoms with E-state index in [0.717, 1.165) is 11.2 Å². The molecule has 0 amide bonds. The molecule has 0 heterocycles. The zero-order chi connectivity index (χ0) is 13.9. The van der Waals surface area contributed by atoms with Gasteiger partial charge in [0.25, 0.3) is 0 Å². The molecule has 2 aliphatic rings. The number of thioether (sulfide) groups is 1. The second-order valence-corrected chi connectivity index (χ2v) is 7.57. The summed E-state index contributed by atoms with van der Waals surface area (Å²) < 4.78 is 0. The molecular formula is C18H27NS. The van der Waals surface area contributed by atoms with Gasteiger partial charge in [0.05, 0.1) is 0 Å². The Labute approximate surface area is 127 Å². The van der Waals surface area contributed by atoms with Crippen molar-refractivity contribution in [3.05, 3.63) is 35.4 Å². The second kappa shape index (κ2) is 6.53. The highest BCUT2D eigenvalue weighted by atomic mass is 32.2. The highest BCUT2D eigenvalue weighted by Gasteiger charge is 2.30. The Morgan fingerprint density at radius 1 is 1.00 bits per heavy atom. The lowest BCUT2D eigenvalue weighted by Gasteiger charge is -2.37. The van der Waals surface area contributed by atoms with Crippen LogP contribution in [0.1, 0.15) is 68.5 Å². The molecule has 0 aliphatic heterocycles. The Bertz CT molecular complexity index is 445. The maximum Gasteiger partial charge on any atom is 0.0326 e. The summed E-state index contributed by atoms with van der Waals surface area (Å²) in [5.41, 5.74) is 3.14. The molecule has 0 spiro atoms. The van der Waals surface area contributed by atoms with Gasteiger partial charge in [-0.1, -0.05) is 44.0 Å². The van der Waals surface area contributed by atoms with Gasteiger partial charge in [0.2, 0.25) is 0 Å². The molecule has 20 heavy (non-hydrogen) atoms. The Balaban J connectivity index is 1.76. The third kappa shape index (κ3) is 2.92. The molecule has 1 fully saturated rings. The lowest BCUT2D eigenvalue weighted by atomic mass is 9.80. The quantitative estimate of drug-likeness (QED) is 0.850. The molecule has 2 heteroatoms. The fourth-order valence-corrected chi connectivity index (χ4v) is 4.95. The zero-order valence-corrected chi connectivity index (χ0v) is 13.6. The summed E-state index contributed by atoms with van der Waals surface area (Å²) in [6, 6.07) is 10.4. The van der Waals surface area contributed by atoms with Crippen molar-refractivity contribution in [3.8, 4) is 0 Å². The van der Waals surface area contributed by atoms with Gasteiger partial charge in [0.1, 0.15) is 0 Å². The molecule has 4 atom stereocenters. The lowest BCUT2D eigenvalue weighted by molar-refractivity contribution is 0.322. The van der Waals surface area contributed by atoms with Gasteiger partial charge in [-0.2, -0.15) is 11.8 Å². The third-order valence-corrected chi connectivity index (χ3v) is 6.38. The Morgan fingerprint density at radius 2 is 1.75 bits per heavy atom. The predicted octanol–water partition coefficient (Wildman–Crippen LogP) is 4.89. The molecule has 1 saturated carbocycles. The fraction of sp³-hybridized carbons (Fsp3) is 0.667. The average Bonchev–Trinajstić information content (AvgIpc) is 2.51. The van der Waals surface area contributed by atoms with E-state index < -0.39 is 0 Å². The van der Waals surface area contributed by atoms with E-state index in [4.69, 9.17) is 0 Å². The van der Waals surface area contributed by atoms with Crippen molar-refractivity contribution in [3.63, 3.8) is 0 Å². The van der Waals surface area contributed by atoms with E-state index in [2.05, 4.69) is 54.5 Å². The molecule has 1 nitrogen and oxygen atoms in total. The number of fused-ring (bicyclic) bond motifs is 1. The number of hydrogen-bond donors (Lipinski definition) is 1. The van der Waals surface area contributed by atoms with Crippen molar-refractivity contribution >= 4 is 11.8 Å². The molecule has 1 N–H and O–H groups in total. The van der Waals surface area contributed by atoms with Gasteiger partial charge in [-0.3, -0.25) is 0 Å². The maximum absolute atomic E-state index is 4.01. The van der Waals surface area contributed by atoms with E-state index in [1.54, 1.807) is 11.1 Å². The van der Waals surface area contributed by atoms with Crippen molar-refractivity contribution in [1.29, 1.82) is 0 Å².